The molecule has 0 bridgehead atoms. The molecule has 0 aliphatic carbocycles. The number of aliphatic hydroxyl groups excluding tert-OH is 1. The second-order valence-electron chi connectivity index (χ2n) is 3.22. The number of nitrogens with zero attached hydrogens (tertiary/aromatic N) is 2. The molecule has 15 heavy (non-hydrogen) atoms. The molecular weight excluding hydrogens is 212 g/mol. The molecule has 0 radical (unpaired) electrons. The van der Waals surface area contributed by atoms with Gasteiger partial charge < -0.3 is 16.2 Å². The standard InChI is InChI=1S/C9H16N4OS/c1-6(7(5-14)15-2)13-9-4-11-8(10)3-12-9/h3-4,6-7,14H,5H2,1-2H3,(H2,10,11)(H,12,13). The minimum absolute atomic E-state index is 0.128. The molecule has 1 rings (SSSR count). The van der Waals surface area contributed by atoms with Crippen LogP contribution in [-0.2, 0) is 0 Å². The first kappa shape index (κ1) is 12.1. The van der Waals surface area contributed by atoms with Crippen molar-refractivity contribution in [1.29, 1.82) is 0 Å². The van der Waals surface area contributed by atoms with E-state index in [1.54, 1.807) is 18.0 Å². The van der Waals surface area contributed by atoms with E-state index in [0.29, 0.717) is 11.6 Å². The number of thioether (sulfide) groups is 1. The Morgan fingerprint density at radius 2 is 2.27 bits per heavy atom. The van der Waals surface area contributed by atoms with E-state index in [0.717, 1.165) is 0 Å². The van der Waals surface area contributed by atoms with Crippen molar-refractivity contribution < 1.29 is 5.11 Å². The highest BCUT2D eigenvalue weighted by Gasteiger charge is 2.15. The van der Waals surface area contributed by atoms with Crippen LogP contribution in [-0.4, -0.2) is 39.2 Å². The van der Waals surface area contributed by atoms with Gasteiger partial charge in [0.2, 0.25) is 0 Å². The quantitative estimate of drug-likeness (QED) is 0.684. The van der Waals surface area contributed by atoms with Gasteiger partial charge in [0.15, 0.2) is 0 Å². The van der Waals surface area contributed by atoms with Crippen molar-refractivity contribution in [2.24, 2.45) is 0 Å². The first-order valence-corrected chi connectivity index (χ1v) is 5.94. The highest BCUT2D eigenvalue weighted by Crippen LogP contribution is 2.14. The van der Waals surface area contributed by atoms with E-state index in [9.17, 15) is 0 Å². The summed E-state index contributed by atoms with van der Waals surface area (Å²) in [4.78, 5) is 8.01. The van der Waals surface area contributed by atoms with Gasteiger partial charge in [0.25, 0.3) is 0 Å². The summed E-state index contributed by atoms with van der Waals surface area (Å²) in [6, 6.07) is 0.128. The Hall–Kier alpha value is -1.01. The van der Waals surface area contributed by atoms with Crippen molar-refractivity contribution in [3.63, 3.8) is 0 Å². The van der Waals surface area contributed by atoms with Gasteiger partial charge in [-0.05, 0) is 13.2 Å². The maximum absolute atomic E-state index is 9.10. The van der Waals surface area contributed by atoms with Crippen LogP contribution in [0.1, 0.15) is 6.92 Å². The van der Waals surface area contributed by atoms with Crippen LogP contribution in [0.2, 0.25) is 0 Å². The zero-order chi connectivity index (χ0) is 11.3. The average molecular weight is 228 g/mol. The predicted molar refractivity (Wildman–Crippen MR) is 63.9 cm³/mol. The van der Waals surface area contributed by atoms with E-state index in [-0.39, 0.29) is 17.9 Å². The van der Waals surface area contributed by atoms with Crippen LogP contribution in [0.25, 0.3) is 0 Å². The van der Waals surface area contributed by atoms with Gasteiger partial charge in [-0.15, -0.1) is 0 Å². The van der Waals surface area contributed by atoms with Gasteiger partial charge in [-0.2, -0.15) is 11.8 Å². The van der Waals surface area contributed by atoms with E-state index in [1.807, 2.05) is 13.2 Å². The van der Waals surface area contributed by atoms with Crippen LogP contribution in [0, 0.1) is 0 Å². The summed E-state index contributed by atoms with van der Waals surface area (Å²) in [5.74, 6) is 1.07. The smallest absolute Gasteiger partial charge is 0.144 e. The molecule has 0 saturated heterocycles. The summed E-state index contributed by atoms with van der Waals surface area (Å²) in [6.45, 7) is 2.13. The maximum atomic E-state index is 9.10. The van der Waals surface area contributed by atoms with Gasteiger partial charge >= 0.3 is 0 Å². The summed E-state index contributed by atoms with van der Waals surface area (Å²) < 4.78 is 0. The summed E-state index contributed by atoms with van der Waals surface area (Å²) in [5.41, 5.74) is 5.42. The highest BCUT2D eigenvalue weighted by atomic mass is 32.2. The molecule has 2 unspecified atom stereocenters. The van der Waals surface area contributed by atoms with Gasteiger partial charge in [0.1, 0.15) is 11.6 Å². The Bertz CT molecular complexity index is 289. The van der Waals surface area contributed by atoms with Crippen molar-refractivity contribution in [1.82, 2.24) is 9.97 Å². The van der Waals surface area contributed by atoms with Crippen molar-refractivity contribution in [3.05, 3.63) is 12.4 Å². The second-order valence-corrected chi connectivity index (χ2v) is 4.29. The largest absolute Gasteiger partial charge is 0.395 e. The third-order valence-electron chi connectivity index (χ3n) is 2.09. The number of hydrogen-bond donors (Lipinski definition) is 3. The van der Waals surface area contributed by atoms with Gasteiger partial charge in [-0.1, -0.05) is 0 Å². The molecule has 0 fully saturated rings. The number of nitrogens with one attached hydrogen (secondary N) is 1. The molecule has 5 nitrogen and oxygen atoms in total. The zero-order valence-electron chi connectivity index (χ0n) is 8.84. The predicted octanol–water partition coefficient (Wildman–Crippen LogP) is 0.583. The van der Waals surface area contributed by atoms with Crippen molar-refractivity contribution in [2.45, 2.75) is 18.2 Å². The Morgan fingerprint density at radius 1 is 1.53 bits per heavy atom. The van der Waals surface area contributed by atoms with Crippen LogP contribution in [0.5, 0.6) is 0 Å². The fourth-order valence-electron chi connectivity index (χ4n) is 1.18. The molecule has 0 aromatic carbocycles. The number of anilines is 2. The summed E-state index contributed by atoms with van der Waals surface area (Å²) in [7, 11) is 0. The first-order chi connectivity index (χ1) is 7.17. The number of nitrogens with two attached hydrogens (primary N) is 1. The third-order valence-corrected chi connectivity index (χ3v) is 3.25. The van der Waals surface area contributed by atoms with Gasteiger partial charge in [-0.3, -0.25) is 0 Å². The Kier molecular flexibility index (Phi) is 4.64. The number of aliphatic hydroxyl groups is 1. The highest BCUT2D eigenvalue weighted by molar-refractivity contribution is 7.99. The molecule has 0 saturated carbocycles. The van der Waals surface area contributed by atoms with E-state index in [4.69, 9.17) is 10.8 Å². The molecule has 1 heterocycles. The van der Waals surface area contributed by atoms with Crippen molar-refractivity contribution >= 4 is 23.4 Å². The molecule has 0 amide bonds. The molecule has 0 aliphatic heterocycles. The van der Waals surface area contributed by atoms with E-state index < -0.39 is 0 Å². The summed E-state index contributed by atoms with van der Waals surface area (Å²) in [6.07, 6.45) is 5.05. The lowest BCUT2D eigenvalue weighted by molar-refractivity contribution is 0.288. The molecule has 4 N–H and O–H groups in total. The second kappa shape index (κ2) is 5.77. The number of hydrogen-bond acceptors (Lipinski definition) is 6. The van der Waals surface area contributed by atoms with Crippen LogP contribution in [0.4, 0.5) is 11.6 Å². The van der Waals surface area contributed by atoms with E-state index >= 15 is 0 Å². The van der Waals surface area contributed by atoms with E-state index in [2.05, 4.69) is 15.3 Å². The lowest BCUT2D eigenvalue weighted by Gasteiger charge is -2.21. The molecule has 0 aliphatic rings. The molecule has 2 atom stereocenters. The fraction of sp³-hybridized carbons (Fsp3) is 0.556. The molecule has 1 aromatic rings. The van der Waals surface area contributed by atoms with Crippen LogP contribution in [0.3, 0.4) is 0 Å². The zero-order valence-corrected chi connectivity index (χ0v) is 9.66. The molecular formula is C9H16N4OS. The summed E-state index contributed by atoms with van der Waals surface area (Å²) >= 11 is 1.62. The Morgan fingerprint density at radius 3 is 2.73 bits per heavy atom. The number of rotatable bonds is 5. The molecule has 6 heteroatoms. The van der Waals surface area contributed by atoms with Crippen molar-refractivity contribution in [3.8, 4) is 0 Å². The topological polar surface area (TPSA) is 84.1 Å². The maximum Gasteiger partial charge on any atom is 0.144 e. The third kappa shape index (κ3) is 3.56. The lowest BCUT2D eigenvalue weighted by Crippen LogP contribution is -2.31. The van der Waals surface area contributed by atoms with E-state index in [1.165, 1.54) is 6.20 Å². The first-order valence-electron chi connectivity index (χ1n) is 4.65. The fourth-order valence-corrected chi connectivity index (χ4v) is 1.80. The van der Waals surface area contributed by atoms with Crippen LogP contribution in [0.15, 0.2) is 12.4 Å². The van der Waals surface area contributed by atoms with Gasteiger partial charge in [0, 0.05) is 11.3 Å². The van der Waals surface area contributed by atoms with Gasteiger partial charge in [0.05, 0.1) is 19.0 Å². The van der Waals surface area contributed by atoms with Gasteiger partial charge in [-0.25, -0.2) is 9.97 Å². The number of nitrogen functional groups attached to an aromatic ring is 1. The number of aromatic nitrogens is 2. The minimum atomic E-state index is 0.128. The minimum Gasteiger partial charge on any atom is -0.395 e. The van der Waals surface area contributed by atoms with Crippen molar-refractivity contribution in [2.75, 3.05) is 23.9 Å². The molecule has 1 aromatic heterocycles. The average Bonchev–Trinajstić information content (AvgIpc) is 2.23. The summed E-state index contributed by atoms with van der Waals surface area (Å²) in [5, 5.41) is 12.4. The monoisotopic (exact) mass is 228 g/mol. The molecule has 84 valence electrons. The Labute approximate surface area is 93.5 Å². The lowest BCUT2D eigenvalue weighted by atomic mass is 10.2. The van der Waals surface area contributed by atoms with Crippen LogP contribution >= 0.6 is 11.8 Å². The SMILES string of the molecule is CSC(CO)C(C)Nc1cnc(N)cn1. The molecule has 0 spiro atoms. The van der Waals surface area contributed by atoms with Crippen LogP contribution < -0.4 is 11.1 Å². The Balaban J connectivity index is 2.57. The normalized spacial score (nSPS) is 14.6.